The number of amides is 1. The minimum atomic E-state index is -0.0548. The van der Waals surface area contributed by atoms with Crippen LogP contribution in [0.1, 0.15) is 35.9 Å². The number of aliphatic hydroxyl groups excluding tert-OH is 1. The predicted molar refractivity (Wildman–Crippen MR) is 76.7 cm³/mol. The van der Waals surface area contributed by atoms with E-state index in [0.717, 1.165) is 29.6 Å². The number of aliphatic hydroxyl groups is 1. The zero-order valence-corrected chi connectivity index (χ0v) is 11.6. The number of carbonyl (C=O) groups excluding carboxylic acids is 1. The minimum absolute atomic E-state index is 0.0108. The average molecular weight is 273 g/mol. The molecule has 1 aromatic heterocycles. The van der Waals surface area contributed by atoms with Gasteiger partial charge in [-0.25, -0.2) is 0 Å². The number of carbonyl (C=O) groups is 1. The number of furan rings is 1. The third-order valence-electron chi connectivity index (χ3n) is 4.05. The van der Waals surface area contributed by atoms with Gasteiger partial charge in [-0.15, -0.1) is 0 Å². The minimum Gasteiger partial charge on any atom is -0.460 e. The van der Waals surface area contributed by atoms with Crippen molar-refractivity contribution in [2.45, 2.75) is 32.2 Å². The first-order chi connectivity index (χ1) is 9.76. The average Bonchev–Trinajstić information content (AvgIpc) is 3.10. The first kappa shape index (κ1) is 13.2. The Kier molecular flexibility index (Phi) is 3.49. The van der Waals surface area contributed by atoms with Gasteiger partial charge in [-0.2, -0.15) is 0 Å². The Morgan fingerprint density at radius 3 is 3.00 bits per heavy atom. The van der Waals surface area contributed by atoms with Crippen molar-refractivity contribution in [2.24, 2.45) is 0 Å². The zero-order chi connectivity index (χ0) is 14.1. The highest BCUT2D eigenvalue weighted by Crippen LogP contribution is 2.29. The summed E-state index contributed by atoms with van der Waals surface area (Å²) in [6.07, 6.45) is 2.51. The molecule has 1 N–H and O–H groups in total. The van der Waals surface area contributed by atoms with Crippen molar-refractivity contribution in [1.29, 1.82) is 0 Å². The topological polar surface area (TPSA) is 53.7 Å². The number of hydrogen-bond donors (Lipinski definition) is 1. The smallest absolute Gasteiger partial charge is 0.258 e. The second-order valence-corrected chi connectivity index (χ2v) is 5.23. The van der Waals surface area contributed by atoms with Crippen LogP contribution in [0.5, 0.6) is 0 Å². The number of fused-ring (bicyclic) bond motifs is 1. The molecular weight excluding hydrogens is 254 g/mol. The van der Waals surface area contributed by atoms with E-state index in [9.17, 15) is 9.90 Å². The molecule has 20 heavy (non-hydrogen) atoms. The Hall–Kier alpha value is -1.81. The highest BCUT2D eigenvalue weighted by atomic mass is 16.3. The van der Waals surface area contributed by atoms with E-state index in [1.54, 1.807) is 4.90 Å². The third-order valence-corrected chi connectivity index (χ3v) is 4.05. The van der Waals surface area contributed by atoms with E-state index in [1.807, 2.05) is 31.2 Å². The maximum Gasteiger partial charge on any atom is 0.258 e. The van der Waals surface area contributed by atoms with E-state index in [2.05, 4.69) is 0 Å². The summed E-state index contributed by atoms with van der Waals surface area (Å²) in [5, 5.41) is 10.3. The first-order valence-corrected chi connectivity index (χ1v) is 7.18. The lowest BCUT2D eigenvalue weighted by molar-refractivity contribution is 0.0677. The van der Waals surface area contributed by atoms with Crippen molar-refractivity contribution in [1.82, 2.24) is 4.90 Å². The van der Waals surface area contributed by atoms with E-state index >= 15 is 0 Å². The Balaban J connectivity index is 2.06. The van der Waals surface area contributed by atoms with Crippen LogP contribution in [0.15, 0.2) is 28.7 Å². The molecule has 2 aromatic rings. The molecule has 1 aliphatic rings. The Labute approximate surface area is 118 Å². The second-order valence-electron chi connectivity index (χ2n) is 5.23. The molecule has 0 radical (unpaired) electrons. The fraction of sp³-hybridized carbons (Fsp3) is 0.438. The molecule has 1 saturated heterocycles. The van der Waals surface area contributed by atoms with Crippen molar-refractivity contribution in [3.05, 3.63) is 35.6 Å². The number of benzene rings is 1. The lowest BCUT2D eigenvalue weighted by Gasteiger charge is -2.23. The molecule has 0 bridgehead atoms. The van der Waals surface area contributed by atoms with Crippen LogP contribution >= 0.6 is 0 Å². The van der Waals surface area contributed by atoms with Crippen molar-refractivity contribution in [3.8, 4) is 0 Å². The van der Waals surface area contributed by atoms with Crippen LogP contribution in [-0.4, -0.2) is 35.1 Å². The Morgan fingerprint density at radius 2 is 2.25 bits per heavy atom. The zero-order valence-electron chi connectivity index (χ0n) is 11.6. The van der Waals surface area contributed by atoms with E-state index in [4.69, 9.17) is 4.42 Å². The molecule has 1 aliphatic heterocycles. The summed E-state index contributed by atoms with van der Waals surface area (Å²) >= 11 is 0. The fourth-order valence-corrected chi connectivity index (χ4v) is 3.02. The third kappa shape index (κ3) is 2.00. The van der Waals surface area contributed by atoms with Crippen LogP contribution < -0.4 is 0 Å². The molecule has 1 aromatic carbocycles. The molecule has 4 nitrogen and oxygen atoms in total. The van der Waals surface area contributed by atoms with Gasteiger partial charge in [-0.1, -0.05) is 25.1 Å². The Morgan fingerprint density at radius 1 is 1.45 bits per heavy atom. The molecule has 2 heterocycles. The van der Waals surface area contributed by atoms with Gasteiger partial charge in [0, 0.05) is 18.4 Å². The van der Waals surface area contributed by atoms with E-state index < -0.39 is 0 Å². The van der Waals surface area contributed by atoms with Gasteiger partial charge in [-0.05, 0) is 18.9 Å². The molecule has 3 rings (SSSR count). The maximum atomic E-state index is 12.8. The highest BCUT2D eigenvalue weighted by Gasteiger charge is 2.32. The SMILES string of the molecule is CCc1oc2ccccc2c1C(=O)N1CCC[C@H]1CO. The van der Waals surface area contributed by atoms with Crippen LogP contribution in [0.4, 0.5) is 0 Å². The van der Waals surface area contributed by atoms with Crippen LogP contribution in [0.3, 0.4) is 0 Å². The van der Waals surface area contributed by atoms with Gasteiger partial charge in [0.2, 0.25) is 0 Å². The second kappa shape index (κ2) is 5.29. The standard InChI is InChI=1S/C16H19NO3/c1-2-13-15(12-7-3-4-8-14(12)20-13)16(19)17-9-5-6-11(17)10-18/h3-4,7-8,11,18H,2,5-6,9-10H2,1H3/t11-/m0/s1. The lowest BCUT2D eigenvalue weighted by Crippen LogP contribution is -2.37. The van der Waals surface area contributed by atoms with E-state index in [0.29, 0.717) is 18.5 Å². The molecule has 1 fully saturated rings. The quantitative estimate of drug-likeness (QED) is 0.935. The monoisotopic (exact) mass is 273 g/mol. The molecular formula is C16H19NO3. The predicted octanol–water partition coefficient (Wildman–Crippen LogP) is 2.59. The van der Waals surface area contributed by atoms with Gasteiger partial charge in [0.05, 0.1) is 18.2 Å². The van der Waals surface area contributed by atoms with Gasteiger partial charge in [0.25, 0.3) is 5.91 Å². The number of rotatable bonds is 3. The number of likely N-dealkylation sites (tertiary alicyclic amines) is 1. The number of hydrogen-bond acceptors (Lipinski definition) is 3. The van der Waals surface area contributed by atoms with Crippen molar-refractivity contribution in [2.75, 3.05) is 13.2 Å². The molecule has 0 unspecified atom stereocenters. The van der Waals surface area contributed by atoms with Gasteiger partial charge < -0.3 is 14.4 Å². The van der Waals surface area contributed by atoms with Crippen LogP contribution in [0, 0.1) is 0 Å². The molecule has 0 aliphatic carbocycles. The first-order valence-electron chi connectivity index (χ1n) is 7.18. The van der Waals surface area contributed by atoms with E-state index in [1.165, 1.54) is 0 Å². The van der Waals surface area contributed by atoms with Gasteiger partial charge >= 0.3 is 0 Å². The highest BCUT2D eigenvalue weighted by molar-refractivity contribution is 6.07. The summed E-state index contributed by atoms with van der Waals surface area (Å²) in [4.78, 5) is 14.6. The summed E-state index contributed by atoms with van der Waals surface area (Å²) in [6, 6.07) is 7.59. The van der Waals surface area contributed by atoms with Crippen LogP contribution in [0.2, 0.25) is 0 Å². The van der Waals surface area contributed by atoms with Crippen molar-refractivity contribution >= 4 is 16.9 Å². The summed E-state index contributed by atoms with van der Waals surface area (Å²) in [5.41, 5.74) is 1.43. The van der Waals surface area contributed by atoms with Gasteiger partial charge in [0.15, 0.2) is 0 Å². The maximum absolute atomic E-state index is 12.8. The normalized spacial score (nSPS) is 18.9. The molecule has 4 heteroatoms. The lowest BCUT2D eigenvalue weighted by atomic mass is 10.1. The molecule has 1 amide bonds. The number of aryl methyl sites for hydroxylation is 1. The van der Waals surface area contributed by atoms with Gasteiger partial charge in [0.1, 0.15) is 11.3 Å². The molecule has 0 spiro atoms. The van der Waals surface area contributed by atoms with Crippen LogP contribution in [0.25, 0.3) is 11.0 Å². The van der Waals surface area contributed by atoms with Crippen LogP contribution in [-0.2, 0) is 6.42 Å². The molecule has 1 atom stereocenters. The summed E-state index contributed by atoms with van der Waals surface area (Å²) in [7, 11) is 0. The van der Waals surface area contributed by atoms with Crippen molar-refractivity contribution in [3.63, 3.8) is 0 Å². The summed E-state index contributed by atoms with van der Waals surface area (Å²) in [5.74, 6) is 0.725. The van der Waals surface area contributed by atoms with Gasteiger partial charge in [-0.3, -0.25) is 4.79 Å². The number of para-hydroxylation sites is 1. The summed E-state index contributed by atoms with van der Waals surface area (Å²) in [6.45, 7) is 2.73. The molecule has 0 saturated carbocycles. The fourth-order valence-electron chi connectivity index (χ4n) is 3.02. The number of nitrogens with zero attached hydrogens (tertiary/aromatic N) is 1. The van der Waals surface area contributed by atoms with Crippen molar-refractivity contribution < 1.29 is 14.3 Å². The molecule has 106 valence electrons. The largest absolute Gasteiger partial charge is 0.460 e. The summed E-state index contributed by atoms with van der Waals surface area (Å²) < 4.78 is 5.79. The Bertz CT molecular complexity index is 632. The van der Waals surface area contributed by atoms with E-state index in [-0.39, 0.29) is 18.6 Å².